The Hall–Kier alpha value is -1.55. The number of alkyl carbamates (subject to hydrolysis) is 1. The number of ether oxygens (including phenoxy) is 2. The number of benzene rings is 1. The van der Waals surface area contributed by atoms with E-state index in [4.69, 9.17) is 9.47 Å². The number of amides is 1. The Bertz CT molecular complexity index is 405. The Kier molecular flexibility index (Phi) is 4.80. The minimum absolute atomic E-state index is 0.0700. The van der Waals surface area contributed by atoms with E-state index in [0.29, 0.717) is 12.5 Å². The van der Waals surface area contributed by atoms with E-state index >= 15 is 0 Å². The Balaban J connectivity index is 1.88. The lowest BCUT2D eigenvalue weighted by molar-refractivity contribution is 0.0865. The lowest BCUT2D eigenvalue weighted by atomic mass is 9.95. The molecule has 1 fully saturated rings. The molecule has 0 bridgehead atoms. The number of rotatable bonds is 4. The molecule has 19 heavy (non-hydrogen) atoms. The molecule has 1 N–H and O–H groups in total. The summed E-state index contributed by atoms with van der Waals surface area (Å²) in [4.78, 5) is 11.5. The van der Waals surface area contributed by atoms with Crippen LogP contribution in [-0.4, -0.2) is 25.3 Å². The third kappa shape index (κ3) is 3.96. The summed E-state index contributed by atoms with van der Waals surface area (Å²) in [5.41, 5.74) is 1.17. The van der Waals surface area contributed by atoms with Crippen LogP contribution in [0, 0.1) is 5.92 Å². The van der Waals surface area contributed by atoms with Crippen LogP contribution in [0.4, 0.5) is 4.79 Å². The maximum Gasteiger partial charge on any atom is 0.407 e. The van der Waals surface area contributed by atoms with E-state index in [0.717, 1.165) is 13.0 Å². The molecule has 1 amide bonds. The number of carbonyl (C=O) groups excluding carboxylic acids is 1. The second-order valence-electron chi connectivity index (χ2n) is 5.09. The molecule has 1 aliphatic rings. The minimum atomic E-state index is -0.353. The third-order valence-electron chi connectivity index (χ3n) is 3.19. The Morgan fingerprint density at radius 2 is 2.16 bits per heavy atom. The van der Waals surface area contributed by atoms with Gasteiger partial charge in [0.25, 0.3) is 0 Å². The molecule has 4 nitrogen and oxygen atoms in total. The fraction of sp³-hybridized carbons (Fsp3) is 0.533. The van der Waals surface area contributed by atoms with Crippen LogP contribution in [0.5, 0.6) is 0 Å². The van der Waals surface area contributed by atoms with Gasteiger partial charge in [-0.2, -0.15) is 0 Å². The number of hydrogen-bond acceptors (Lipinski definition) is 3. The van der Waals surface area contributed by atoms with Gasteiger partial charge in [0.2, 0.25) is 0 Å². The van der Waals surface area contributed by atoms with E-state index in [1.807, 2.05) is 32.0 Å². The average molecular weight is 263 g/mol. The molecular weight excluding hydrogens is 242 g/mol. The predicted octanol–water partition coefficient (Wildman–Crippen LogP) is 2.90. The number of nitrogens with one attached hydrogen (secondary N) is 1. The first-order chi connectivity index (χ1) is 9.16. The van der Waals surface area contributed by atoms with Crippen molar-refractivity contribution >= 4 is 6.09 Å². The van der Waals surface area contributed by atoms with Crippen molar-refractivity contribution in [3.63, 3.8) is 0 Å². The van der Waals surface area contributed by atoms with Crippen LogP contribution in [0.15, 0.2) is 30.3 Å². The molecule has 104 valence electrons. The van der Waals surface area contributed by atoms with Crippen molar-refractivity contribution in [1.29, 1.82) is 0 Å². The highest BCUT2D eigenvalue weighted by Crippen LogP contribution is 2.33. The van der Waals surface area contributed by atoms with E-state index in [9.17, 15) is 4.79 Å². The highest BCUT2D eigenvalue weighted by molar-refractivity contribution is 5.67. The summed E-state index contributed by atoms with van der Waals surface area (Å²) in [5.74, 6) is 0.308. The molecule has 2 atom stereocenters. The summed E-state index contributed by atoms with van der Waals surface area (Å²) in [7, 11) is 0. The lowest BCUT2D eigenvalue weighted by Gasteiger charge is -2.19. The van der Waals surface area contributed by atoms with Gasteiger partial charge in [-0.25, -0.2) is 4.79 Å². The molecule has 2 rings (SSSR count). The molecule has 0 aromatic heterocycles. The molecule has 0 spiro atoms. The minimum Gasteiger partial charge on any atom is -0.447 e. The van der Waals surface area contributed by atoms with Gasteiger partial charge >= 0.3 is 6.09 Å². The molecule has 0 radical (unpaired) electrons. The maximum atomic E-state index is 11.5. The van der Waals surface area contributed by atoms with Crippen LogP contribution in [0.3, 0.4) is 0 Å². The van der Waals surface area contributed by atoms with Gasteiger partial charge < -0.3 is 14.8 Å². The predicted molar refractivity (Wildman–Crippen MR) is 72.9 cm³/mol. The summed E-state index contributed by atoms with van der Waals surface area (Å²) in [6.07, 6.45) is 0.584. The van der Waals surface area contributed by atoms with Crippen LogP contribution in [-0.2, 0) is 9.47 Å². The quantitative estimate of drug-likeness (QED) is 0.908. The van der Waals surface area contributed by atoms with Gasteiger partial charge in [-0.15, -0.1) is 0 Å². The van der Waals surface area contributed by atoms with Crippen LogP contribution in [0.2, 0.25) is 0 Å². The van der Waals surface area contributed by atoms with E-state index in [1.54, 1.807) is 0 Å². The Morgan fingerprint density at radius 1 is 1.42 bits per heavy atom. The SMILES string of the molecule is CC(C)OC(=O)NC[C@@H]1CCO[C@H]1c1ccccc1. The van der Waals surface area contributed by atoms with Gasteiger partial charge in [0, 0.05) is 19.1 Å². The summed E-state index contributed by atoms with van der Waals surface area (Å²) in [5, 5.41) is 2.81. The number of carbonyl (C=O) groups is 1. The topological polar surface area (TPSA) is 47.6 Å². The van der Waals surface area contributed by atoms with Gasteiger partial charge in [-0.1, -0.05) is 30.3 Å². The zero-order valence-electron chi connectivity index (χ0n) is 11.5. The van der Waals surface area contributed by atoms with Gasteiger partial charge in [-0.3, -0.25) is 0 Å². The van der Waals surface area contributed by atoms with Crippen LogP contribution in [0.1, 0.15) is 31.9 Å². The normalized spacial score (nSPS) is 22.5. The van der Waals surface area contributed by atoms with Crippen molar-refractivity contribution in [1.82, 2.24) is 5.32 Å². The molecule has 0 unspecified atom stereocenters. The number of hydrogen-bond donors (Lipinski definition) is 1. The van der Waals surface area contributed by atoms with Crippen molar-refractivity contribution < 1.29 is 14.3 Å². The van der Waals surface area contributed by atoms with Crippen LogP contribution >= 0.6 is 0 Å². The highest BCUT2D eigenvalue weighted by Gasteiger charge is 2.29. The first-order valence-corrected chi connectivity index (χ1v) is 6.78. The average Bonchev–Trinajstić information content (AvgIpc) is 2.85. The van der Waals surface area contributed by atoms with Gasteiger partial charge in [0.15, 0.2) is 0 Å². The standard InChI is InChI=1S/C15H21NO3/c1-11(2)19-15(17)16-10-13-8-9-18-14(13)12-6-4-3-5-7-12/h3-7,11,13-14H,8-10H2,1-2H3,(H,16,17)/t13-,14-/m0/s1. The molecule has 1 aliphatic heterocycles. The smallest absolute Gasteiger partial charge is 0.407 e. The van der Waals surface area contributed by atoms with Crippen LogP contribution in [0.25, 0.3) is 0 Å². The van der Waals surface area contributed by atoms with E-state index in [-0.39, 0.29) is 18.3 Å². The van der Waals surface area contributed by atoms with Crippen LogP contribution < -0.4 is 5.32 Å². The Morgan fingerprint density at radius 3 is 2.84 bits per heavy atom. The van der Waals surface area contributed by atoms with Crippen molar-refractivity contribution in [2.24, 2.45) is 5.92 Å². The van der Waals surface area contributed by atoms with Crippen molar-refractivity contribution in [3.05, 3.63) is 35.9 Å². The fourth-order valence-electron chi connectivity index (χ4n) is 2.32. The Labute approximate surface area is 114 Å². The lowest BCUT2D eigenvalue weighted by Crippen LogP contribution is -2.32. The van der Waals surface area contributed by atoms with Gasteiger partial charge in [0.1, 0.15) is 0 Å². The molecule has 4 heteroatoms. The van der Waals surface area contributed by atoms with Crippen molar-refractivity contribution in [2.75, 3.05) is 13.2 Å². The summed E-state index contributed by atoms with van der Waals surface area (Å²) < 4.78 is 10.8. The highest BCUT2D eigenvalue weighted by atomic mass is 16.6. The third-order valence-corrected chi connectivity index (χ3v) is 3.19. The second-order valence-corrected chi connectivity index (χ2v) is 5.09. The molecule has 1 aromatic rings. The van der Waals surface area contributed by atoms with E-state index < -0.39 is 0 Å². The summed E-state index contributed by atoms with van der Waals surface area (Å²) >= 11 is 0. The van der Waals surface area contributed by atoms with E-state index in [1.165, 1.54) is 5.56 Å². The molecule has 1 aromatic carbocycles. The van der Waals surface area contributed by atoms with Gasteiger partial charge in [-0.05, 0) is 25.8 Å². The monoisotopic (exact) mass is 263 g/mol. The zero-order valence-corrected chi connectivity index (χ0v) is 11.5. The molecule has 0 aliphatic carbocycles. The summed E-state index contributed by atoms with van der Waals surface area (Å²) in [6, 6.07) is 10.1. The van der Waals surface area contributed by atoms with Crippen molar-refractivity contribution in [2.45, 2.75) is 32.5 Å². The first kappa shape index (κ1) is 13.9. The summed E-state index contributed by atoms with van der Waals surface area (Å²) in [6.45, 7) is 5.01. The maximum absolute atomic E-state index is 11.5. The molecular formula is C15H21NO3. The first-order valence-electron chi connectivity index (χ1n) is 6.78. The zero-order chi connectivity index (χ0) is 13.7. The molecule has 0 saturated carbocycles. The van der Waals surface area contributed by atoms with Gasteiger partial charge in [0.05, 0.1) is 12.2 Å². The molecule has 1 saturated heterocycles. The molecule has 1 heterocycles. The fourth-order valence-corrected chi connectivity index (χ4v) is 2.32. The van der Waals surface area contributed by atoms with Crippen molar-refractivity contribution in [3.8, 4) is 0 Å². The largest absolute Gasteiger partial charge is 0.447 e. The second kappa shape index (κ2) is 6.57. The van der Waals surface area contributed by atoms with E-state index in [2.05, 4.69) is 17.4 Å².